The lowest BCUT2D eigenvalue weighted by Gasteiger charge is -2.60. The molecule has 5 aliphatic rings. The van der Waals surface area contributed by atoms with Crippen LogP contribution in [0.2, 0.25) is 0 Å². The van der Waals surface area contributed by atoms with Crippen LogP contribution >= 0.6 is 0 Å². The molecule has 0 bridgehead atoms. The molecular weight excluding hydrogens is 348 g/mol. The molecule has 1 spiro atoms. The molecule has 3 nitrogen and oxygen atoms in total. The van der Waals surface area contributed by atoms with E-state index in [4.69, 9.17) is 9.47 Å². The number of methoxy groups -OCH3 is 1. The first-order valence-electron chi connectivity index (χ1n) is 11.6. The number of ether oxygens (including phenoxy) is 2. The quantitative estimate of drug-likeness (QED) is 0.480. The predicted octanol–water partition coefficient (Wildman–Crippen LogP) is 5.39. The molecule has 156 valence electrons. The summed E-state index contributed by atoms with van der Waals surface area (Å²) in [6, 6.07) is 0. The molecule has 4 fully saturated rings. The SMILES string of the molecule is CO[C@@H]1C[C@H]2[C@@H]3CC=C([C@H](C)COC(C)=O)[C@@]3(C)CC[C@@H]2[C@@]2(C)CC[C@@H]3C[C@]312. The Hall–Kier alpha value is -0.830. The maximum absolute atomic E-state index is 11.3. The second kappa shape index (κ2) is 6.09. The Kier molecular flexibility index (Phi) is 4.17. The fourth-order valence-electron chi connectivity index (χ4n) is 9.28. The normalized spacial score (nSPS) is 52.0. The van der Waals surface area contributed by atoms with Crippen molar-refractivity contribution >= 4 is 5.97 Å². The van der Waals surface area contributed by atoms with Gasteiger partial charge >= 0.3 is 5.97 Å². The number of hydrogen-bond acceptors (Lipinski definition) is 3. The Morgan fingerprint density at radius 1 is 1.25 bits per heavy atom. The van der Waals surface area contributed by atoms with Gasteiger partial charge in [-0.1, -0.05) is 32.4 Å². The van der Waals surface area contributed by atoms with E-state index in [9.17, 15) is 4.79 Å². The highest BCUT2D eigenvalue weighted by atomic mass is 16.5. The summed E-state index contributed by atoms with van der Waals surface area (Å²) in [6.07, 6.45) is 12.4. The number of rotatable bonds is 4. The second-order valence-electron chi connectivity index (χ2n) is 11.3. The summed E-state index contributed by atoms with van der Waals surface area (Å²) in [5.41, 5.74) is 2.84. The van der Waals surface area contributed by atoms with Crippen LogP contribution in [0.4, 0.5) is 0 Å². The monoisotopic (exact) mass is 386 g/mol. The maximum Gasteiger partial charge on any atom is 0.302 e. The third kappa shape index (κ3) is 2.23. The molecule has 0 saturated heterocycles. The van der Waals surface area contributed by atoms with Gasteiger partial charge in [0.05, 0.1) is 12.7 Å². The number of carbonyl (C=O) groups excluding carboxylic acids is 1. The largest absolute Gasteiger partial charge is 0.465 e. The standard InChI is InChI=1S/C25H38O3/c1-15(14-28-16(2)26)19-6-7-20-18-12-22(27-5)25-13-17(25)8-11-24(25,4)21(18)9-10-23(19,20)3/h6,15,17-18,20-22H,7-14H2,1-5H3/t15-,17-,18+,20+,21+,22-,23-,24-,25+/m1/s1. The average Bonchev–Trinajstić information content (AvgIpc) is 3.16. The zero-order chi connectivity index (χ0) is 19.9. The molecular formula is C25H38O3. The van der Waals surface area contributed by atoms with Crippen LogP contribution in [-0.2, 0) is 14.3 Å². The smallest absolute Gasteiger partial charge is 0.302 e. The van der Waals surface area contributed by atoms with E-state index in [0.717, 1.165) is 23.7 Å². The van der Waals surface area contributed by atoms with Gasteiger partial charge in [0.1, 0.15) is 0 Å². The molecule has 0 aromatic carbocycles. The van der Waals surface area contributed by atoms with Crippen LogP contribution in [0, 0.1) is 45.8 Å². The summed E-state index contributed by atoms with van der Waals surface area (Å²) >= 11 is 0. The Morgan fingerprint density at radius 2 is 2.04 bits per heavy atom. The summed E-state index contributed by atoms with van der Waals surface area (Å²) in [4.78, 5) is 11.3. The first-order valence-corrected chi connectivity index (χ1v) is 11.6. The lowest BCUT2D eigenvalue weighted by Crippen LogP contribution is -2.56. The highest BCUT2D eigenvalue weighted by Gasteiger charge is 2.77. The molecule has 3 heteroatoms. The minimum absolute atomic E-state index is 0.162. The van der Waals surface area contributed by atoms with Gasteiger partial charge in [-0.25, -0.2) is 0 Å². The molecule has 0 unspecified atom stereocenters. The molecule has 0 amide bonds. The van der Waals surface area contributed by atoms with Crippen LogP contribution in [0.5, 0.6) is 0 Å². The van der Waals surface area contributed by atoms with Crippen molar-refractivity contribution < 1.29 is 14.3 Å². The molecule has 0 aromatic heterocycles. The van der Waals surface area contributed by atoms with Crippen LogP contribution in [0.25, 0.3) is 0 Å². The average molecular weight is 387 g/mol. The van der Waals surface area contributed by atoms with E-state index < -0.39 is 0 Å². The molecule has 5 rings (SSSR count). The van der Waals surface area contributed by atoms with Crippen LogP contribution in [-0.4, -0.2) is 25.8 Å². The second-order valence-corrected chi connectivity index (χ2v) is 11.3. The molecule has 28 heavy (non-hydrogen) atoms. The van der Waals surface area contributed by atoms with Crippen LogP contribution in [0.3, 0.4) is 0 Å². The van der Waals surface area contributed by atoms with Gasteiger partial charge in [-0.15, -0.1) is 0 Å². The molecule has 9 atom stereocenters. The number of hydrogen-bond donors (Lipinski definition) is 0. The summed E-state index contributed by atoms with van der Waals surface area (Å²) in [5.74, 6) is 3.51. The van der Waals surface area contributed by atoms with Crippen LogP contribution in [0.1, 0.15) is 72.6 Å². The molecule has 4 saturated carbocycles. The predicted molar refractivity (Wildman–Crippen MR) is 110 cm³/mol. The van der Waals surface area contributed by atoms with Gasteiger partial charge < -0.3 is 9.47 Å². The Balaban J connectivity index is 1.41. The highest BCUT2D eigenvalue weighted by Crippen LogP contribution is 2.82. The van der Waals surface area contributed by atoms with Crippen molar-refractivity contribution in [3.63, 3.8) is 0 Å². The fourth-order valence-corrected chi connectivity index (χ4v) is 9.28. The van der Waals surface area contributed by atoms with E-state index in [-0.39, 0.29) is 11.4 Å². The Labute approximate surface area is 170 Å². The lowest BCUT2D eigenvalue weighted by molar-refractivity contribution is -0.154. The number of esters is 1. The first-order chi connectivity index (χ1) is 13.3. The Morgan fingerprint density at radius 3 is 2.71 bits per heavy atom. The van der Waals surface area contributed by atoms with Crippen LogP contribution in [0.15, 0.2) is 11.6 Å². The maximum atomic E-state index is 11.3. The molecule has 0 N–H and O–H groups in total. The first kappa shape index (κ1) is 19.2. The number of carbonyl (C=O) groups is 1. The van der Waals surface area contributed by atoms with E-state index in [1.807, 2.05) is 7.11 Å². The topological polar surface area (TPSA) is 35.5 Å². The van der Waals surface area contributed by atoms with Crippen molar-refractivity contribution in [3.05, 3.63) is 11.6 Å². The van der Waals surface area contributed by atoms with Crippen molar-refractivity contribution in [3.8, 4) is 0 Å². The number of fused-ring (bicyclic) bond motifs is 4. The lowest BCUT2D eigenvalue weighted by atomic mass is 9.45. The van der Waals surface area contributed by atoms with Gasteiger partial charge in [-0.3, -0.25) is 4.79 Å². The minimum Gasteiger partial charge on any atom is -0.465 e. The van der Waals surface area contributed by atoms with Crippen molar-refractivity contribution in [2.45, 2.75) is 78.7 Å². The molecule has 5 aliphatic carbocycles. The minimum atomic E-state index is -0.162. The molecule has 0 heterocycles. The van der Waals surface area contributed by atoms with Gasteiger partial charge in [0.25, 0.3) is 0 Å². The van der Waals surface area contributed by atoms with Crippen molar-refractivity contribution in [1.29, 1.82) is 0 Å². The fraction of sp³-hybridized carbons (Fsp3) is 0.880. The van der Waals surface area contributed by atoms with E-state index in [0.29, 0.717) is 29.5 Å². The number of allylic oxidation sites excluding steroid dienone is 1. The molecule has 0 aromatic rings. The van der Waals surface area contributed by atoms with E-state index >= 15 is 0 Å². The van der Waals surface area contributed by atoms with E-state index in [1.165, 1.54) is 51.9 Å². The summed E-state index contributed by atoms with van der Waals surface area (Å²) in [7, 11) is 1.97. The van der Waals surface area contributed by atoms with Gasteiger partial charge in [0.2, 0.25) is 0 Å². The molecule has 0 aliphatic heterocycles. The summed E-state index contributed by atoms with van der Waals surface area (Å²) in [5, 5.41) is 0. The van der Waals surface area contributed by atoms with E-state index in [1.54, 1.807) is 5.57 Å². The summed E-state index contributed by atoms with van der Waals surface area (Å²) < 4.78 is 11.6. The van der Waals surface area contributed by atoms with Crippen molar-refractivity contribution in [2.24, 2.45) is 45.8 Å². The van der Waals surface area contributed by atoms with E-state index in [2.05, 4.69) is 26.8 Å². The van der Waals surface area contributed by atoms with Crippen LogP contribution < -0.4 is 0 Å². The Bertz CT molecular complexity index is 713. The highest BCUT2D eigenvalue weighted by molar-refractivity contribution is 5.65. The third-order valence-electron chi connectivity index (χ3n) is 10.5. The zero-order valence-electron chi connectivity index (χ0n) is 18.4. The third-order valence-corrected chi connectivity index (χ3v) is 10.5. The summed E-state index contributed by atoms with van der Waals surface area (Å²) in [6.45, 7) is 9.44. The zero-order valence-corrected chi connectivity index (χ0v) is 18.4. The van der Waals surface area contributed by atoms with Crippen molar-refractivity contribution in [1.82, 2.24) is 0 Å². The van der Waals surface area contributed by atoms with Gasteiger partial charge in [-0.05, 0) is 79.4 Å². The van der Waals surface area contributed by atoms with Gasteiger partial charge in [0.15, 0.2) is 0 Å². The van der Waals surface area contributed by atoms with Crippen molar-refractivity contribution in [2.75, 3.05) is 13.7 Å². The van der Waals surface area contributed by atoms with Gasteiger partial charge in [0, 0.05) is 25.4 Å². The van der Waals surface area contributed by atoms with Gasteiger partial charge in [-0.2, -0.15) is 0 Å². The molecule has 0 radical (unpaired) electrons.